The van der Waals surface area contributed by atoms with E-state index in [2.05, 4.69) is 10.1 Å². The zero-order valence-corrected chi connectivity index (χ0v) is 12.3. The minimum atomic E-state index is -0.350. The maximum absolute atomic E-state index is 12.8. The van der Waals surface area contributed by atoms with Crippen LogP contribution in [0.3, 0.4) is 0 Å². The molecule has 0 spiro atoms. The van der Waals surface area contributed by atoms with Crippen LogP contribution in [0.15, 0.2) is 0 Å². The highest BCUT2D eigenvalue weighted by Gasteiger charge is 2.40. The van der Waals surface area contributed by atoms with Crippen molar-refractivity contribution < 1.29 is 14.3 Å². The number of amides is 1. The third-order valence-corrected chi connectivity index (χ3v) is 3.93. The zero-order chi connectivity index (χ0) is 14.3. The summed E-state index contributed by atoms with van der Waals surface area (Å²) in [5.41, 5.74) is -0.346. The number of esters is 1. The zero-order valence-electron chi connectivity index (χ0n) is 12.3. The predicted octanol–water partition coefficient (Wildman–Crippen LogP) is 1.18. The number of rotatable bonds is 6. The lowest BCUT2D eigenvalue weighted by molar-refractivity contribution is -0.152. The number of carbonyl (C=O) groups excluding carboxylic acids is 2. The lowest BCUT2D eigenvalue weighted by Crippen LogP contribution is -2.53. The van der Waals surface area contributed by atoms with Crippen LogP contribution >= 0.6 is 0 Å². The monoisotopic (exact) mass is 270 g/mol. The van der Waals surface area contributed by atoms with Crippen molar-refractivity contribution in [1.29, 1.82) is 0 Å². The highest BCUT2D eigenvalue weighted by molar-refractivity contribution is 5.86. The van der Waals surface area contributed by atoms with E-state index >= 15 is 0 Å². The Hall–Kier alpha value is -1.10. The molecule has 1 heterocycles. The third kappa shape index (κ3) is 3.93. The van der Waals surface area contributed by atoms with Crippen molar-refractivity contribution in [2.75, 3.05) is 33.3 Å². The molecule has 5 heteroatoms. The largest absolute Gasteiger partial charge is 0.468 e. The van der Waals surface area contributed by atoms with Crippen molar-refractivity contribution in [3.8, 4) is 0 Å². The molecule has 1 aliphatic heterocycles. The Labute approximate surface area is 115 Å². The Bertz CT molecular complexity index is 312. The van der Waals surface area contributed by atoms with Crippen LogP contribution in [0.4, 0.5) is 0 Å². The van der Waals surface area contributed by atoms with Crippen LogP contribution in [-0.2, 0) is 14.3 Å². The quantitative estimate of drug-likeness (QED) is 0.736. The highest BCUT2D eigenvalue weighted by atomic mass is 16.5. The minimum Gasteiger partial charge on any atom is -0.468 e. The molecule has 0 bridgehead atoms. The van der Waals surface area contributed by atoms with Crippen LogP contribution in [-0.4, -0.2) is 50.1 Å². The summed E-state index contributed by atoms with van der Waals surface area (Å²) in [7, 11) is 1.36. The van der Waals surface area contributed by atoms with Gasteiger partial charge >= 0.3 is 5.97 Å². The number of hydrogen-bond acceptors (Lipinski definition) is 4. The molecule has 0 radical (unpaired) electrons. The maximum atomic E-state index is 12.8. The molecule has 1 atom stereocenters. The van der Waals surface area contributed by atoms with E-state index in [1.807, 2.05) is 13.8 Å². The number of carbonyl (C=O) groups is 2. The van der Waals surface area contributed by atoms with Crippen molar-refractivity contribution in [2.24, 2.45) is 5.41 Å². The number of piperidine rings is 1. The van der Waals surface area contributed by atoms with Gasteiger partial charge in [0.05, 0.1) is 12.5 Å². The first-order chi connectivity index (χ1) is 9.09. The summed E-state index contributed by atoms with van der Waals surface area (Å²) in [5, 5.41) is 3.31. The van der Waals surface area contributed by atoms with Gasteiger partial charge in [-0.2, -0.15) is 0 Å². The van der Waals surface area contributed by atoms with Gasteiger partial charge in [-0.15, -0.1) is 0 Å². The van der Waals surface area contributed by atoms with E-state index in [-0.39, 0.29) is 23.8 Å². The Morgan fingerprint density at radius 3 is 2.58 bits per heavy atom. The van der Waals surface area contributed by atoms with E-state index in [9.17, 15) is 9.59 Å². The summed E-state index contributed by atoms with van der Waals surface area (Å²) in [4.78, 5) is 25.9. The number of hydrogen-bond donors (Lipinski definition) is 1. The summed E-state index contributed by atoms with van der Waals surface area (Å²) in [6.07, 6.45) is 3.56. The fraction of sp³-hybridized carbons (Fsp3) is 0.857. The molecule has 1 rings (SSSR count). The lowest BCUT2D eigenvalue weighted by atomic mass is 9.77. The molecule has 0 aromatic carbocycles. The number of nitrogens with zero attached hydrogens (tertiary/aromatic N) is 1. The maximum Gasteiger partial charge on any atom is 0.325 e. The topological polar surface area (TPSA) is 58.6 Å². The van der Waals surface area contributed by atoms with Crippen LogP contribution in [0, 0.1) is 5.41 Å². The van der Waals surface area contributed by atoms with Crippen molar-refractivity contribution in [1.82, 2.24) is 10.2 Å². The molecular weight excluding hydrogens is 244 g/mol. The average Bonchev–Trinajstić information content (AvgIpc) is 2.46. The molecular formula is C14H26N2O3. The van der Waals surface area contributed by atoms with Crippen LogP contribution < -0.4 is 5.32 Å². The second-order valence-electron chi connectivity index (χ2n) is 5.22. The highest BCUT2D eigenvalue weighted by Crippen LogP contribution is 2.32. The van der Waals surface area contributed by atoms with Crippen molar-refractivity contribution in [2.45, 2.75) is 39.5 Å². The first kappa shape index (κ1) is 16.0. The molecule has 19 heavy (non-hydrogen) atoms. The summed E-state index contributed by atoms with van der Waals surface area (Å²) in [6.45, 7) is 6.41. The molecule has 0 aromatic heterocycles. The van der Waals surface area contributed by atoms with Gasteiger partial charge in [-0.3, -0.25) is 9.59 Å². The molecule has 0 saturated carbocycles. The van der Waals surface area contributed by atoms with Crippen molar-refractivity contribution in [3.05, 3.63) is 0 Å². The van der Waals surface area contributed by atoms with Crippen molar-refractivity contribution >= 4 is 11.9 Å². The van der Waals surface area contributed by atoms with Crippen LogP contribution in [0.25, 0.3) is 0 Å². The van der Waals surface area contributed by atoms with Gasteiger partial charge < -0.3 is 15.0 Å². The summed E-state index contributed by atoms with van der Waals surface area (Å²) in [5.74, 6) is -0.258. The lowest BCUT2D eigenvalue weighted by Gasteiger charge is -2.39. The van der Waals surface area contributed by atoms with E-state index in [4.69, 9.17) is 0 Å². The van der Waals surface area contributed by atoms with Crippen molar-refractivity contribution in [3.63, 3.8) is 0 Å². The molecule has 5 nitrogen and oxygen atoms in total. The van der Waals surface area contributed by atoms with Gasteiger partial charge in [0.15, 0.2) is 0 Å². The van der Waals surface area contributed by atoms with Gasteiger partial charge in [0.2, 0.25) is 5.91 Å². The summed E-state index contributed by atoms with van der Waals surface area (Å²) >= 11 is 0. The number of nitrogens with one attached hydrogen (secondary N) is 1. The molecule has 1 saturated heterocycles. The van der Waals surface area contributed by atoms with Crippen LogP contribution in [0.1, 0.15) is 39.5 Å². The molecule has 1 unspecified atom stereocenters. The van der Waals surface area contributed by atoms with E-state index in [1.54, 1.807) is 4.90 Å². The standard InChI is InChI=1S/C14H26N2O3/c1-4-9-16(10-12(17)19-3)13(18)14(5-2)7-6-8-15-11-14/h15H,4-11H2,1-3H3. The smallest absolute Gasteiger partial charge is 0.325 e. The third-order valence-electron chi connectivity index (χ3n) is 3.93. The molecule has 1 amide bonds. The normalized spacial score (nSPS) is 22.9. The molecule has 110 valence electrons. The Kier molecular flexibility index (Phi) is 6.28. The van der Waals surface area contributed by atoms with E-state index < -0.39 is 0 Å². The van der Waals surface area contributed by atoms with E-state index in [0.717, 1.165) is 32.2 Å². The van der Waals surface area contributed by atoms with E-state index in [0.29, 0.717) is 13.1 Å². The number of ether oxygens (including phenoxy) is 1. The van der Waals surface area contributed by atoms with E-state index in [1.165, 1.54) is 7.11 Å². The van der Waals surface area contributed by atoms with Gasteiger partial charge in [-0.05, 0) is 32.2 Å². The van der Waals surface area contributed by atoms with Gasteiger partial charge in [0, 0.05) is 13.1 Å². The molecule has 0 aliphatic carbocycles. The van der Waals surface area contributed by atoms with Gasteiger partial charge in [0.1, 0.15) is 6.54 Å². The minimum absolute atomic E-state index is 0.0604. The first-order valence-corrected chi connectivity index (χ1v) is 7.16. The van der Waals surface area contributed by atoms with Gasteiger partial charge in [-0.1, -0.05) is 13.8 Å². The summed E-state index contributed by atoms with van der Waals surface area (Å²) < 4.78 is 4.68. The second kappa shape index (κ2) is 7.48. The van der Waals surface area contributed by atoms with Crippen LogP contribution in [0.2, 0.25) is 0 Å². The SMILES string of the molecule is CCCN(CC(=O)OC)C(=O)C1(CC)CCCNC1. The van der Waals surface area contributed by atoms with Gasteiger partial charge in [0.25, 0.3) is 0 Å². The fourth-order valence-electron chi connectivity index (χ4n) is 2.68. The first-order valence-electron chi connectivity index (χ1n) is 7.16. The fourth-order valence-corrected chi connectivity index (χ4v) is 2.68. The molecule has 0 aromatic rings. The average molecular weight is 270 g/mol. The Balaban J connectivity index is 2.80. The summed E-state index contributed by atoms with van der Waals surface area (Å²) in [6, 6.07) is 0. The number of methoxy groups -OCH3 is 1. The Morgan fingerprint density at radius 1 is 1.37 bits per heavy atom. The molecule has 1 fully saturated rings. The molecule has 1 N–H and O–H groups in total. The van der Waals surface area contributed by atoms with Gasteiger partial charge in [-0.25, -0.2) is 0 Å². The predicted molar refractivity (Wildman–Crippen MR) is 73.7 cm³/mol. The second-order valence-corrected chi connectivity index (χ2v) is 5.22. The Morgan fingerprint density at radius 2 is 2.11 bits per heavy atom. The van der Waals surface area contributed by atoms with Crippen LogP contribution in [0.5, 0.6) is 0 Å². The molecule has 1 aliphatic rings.